The maximum absolute atomic E-state index is 13.6. The summed E-state index contributed by atoms with van der Waals surface area (Å²) in [6.07, 6.45) is 3.13. The van der Waals surface area contributed by atoms with Crippen molar-refractivity contribution in [2.24, 2.45) is 5.92 Å². The lowest BCUT2D eigenvalue weighted by molar-refractivity contribution is -0.122. The zero-order valence-corrected chi connectivity index (χ0v) is 24.3. The highest BCUT2D eigenvalue weighted by Gasteiger charge is 2.32. The summed E-state index contributed by atoms with van der Waals surface area (Å²) in [6, 6.07) is 15.2. The quantitative estimate of drug-likeness (QED) is 0.240. The number of carbonyl (C=O) groups is 2. The van der Waals surface area contributed by atoms with E-state index in [1.54, 1.807) is 36.4 Å². The average molecular weight is 581 g/mol. The van der Waals surface area contributed by atoms with Gasteiger partial charge in [-0.2, -0.15) is 0 Å². The van der Waals surface area contributed by atoms with Crippen molar-refractivity contribution in [1.82, 2.24) is 10.6 Å². The van der Waals surface area contributed by atoms with Crippen LogP contribution in [0.3, 0.4) is 0 Å². The number of hydrogen-bond donors (Lipinski definition) is 2. The van der Waals surface area contributed by atoms with E-state index >= 15 is 0 Å². The first-order chi connectivity index (χ1) is 20.3. The number of ketones is 1. The molecule has 0 radical (unpaired) electrons. The van der Waals surface area contributed by atoms with E-state index in [1.165, 1.54) is 45.6 Å². The second-order valence-corrected chi connectivity index (χ2v) is 10.5. The Bertz CT molecular complexity index is 1270. The molecule has 42 heavy (non-hydrogen) atoms. The number of carbonyl (C=O) groups excluding carboxylic acids is 2. The standard InChI is InChI=1S/C33H38F2N2O5/c1-40-29-18-24(19-30(41-2)32(29)42-3)33(39)37-31(23-16-17-36-20-23)28(38)7-5-4-6-27(21-8-12-25(34)13-9-21)22-10-14-26(35)15-11-22/h8-15,18-19,23,27,31,36H,4-7,16-17,20H2,1-3H3,(H,37,39). The normalized spacial score (nSPS) is 15.3. The van der Waals surface area contributed by atoms with Gasteiger partial charge in [0.1, 0.15) is 11.6 Å². The van der Waals surface area contributed by atoms with Gasteiger partial charge in [-0.05, 0) is 79.3 Å². The highest BCUT2D eigenvalue weighted by molar-refractivity contribution is 5.99. The Morgan fingerprint density at radius 2 is 1.45 bits per heavy atom. The lowest BCUT2D eigenvalue weighted by Crippen LogP contribution is -2.46. The number of hydrogen-bond acceptors (Lipinski definition) is 6. The van der Waals surface area contributed by atoms with E-state index in [2.05, 4.69) is 10.6 Å². The molecule has 3 aromatic carbocycles. The van der Waals surface area contributed by atoms with Crippen LogP contribution in [0.25, 0.3) is 0 Å². The van der Waals surface area contributed by atoms with Gasteiger partial charge in [-0.3, -0.25) is 9.59 Å². The van der Waals surface area contributed by atoms with Gasteiger partial charge in [0.2, 0.25) is 5.75 Å². The Balaban J connectivity index is 1.43. The number of nitrogens with one attached hydrogen (secondary N) is 2. The smallest absolute Gasteiger partial charge is 0.252 e. The number of methoxy groups -OCH3 is 3. The Morgan fingerprint density at radius 1 is 0.881 bits per heavy atom. The number of unbranched alkanes of at least 4 members (excludes halogenated alkanes) is 1. The molecule has 1 amide bonds. The molecule has 1 heterocycles. The van der Waals surface area contributed by atoms with E-state index in [0.717, 1.165) is 30.5 Å². The van der Waals surface area contributed by atoms with Crippen molar-refractivity contribution in [3.63, 3.8) is 0 Å². The van der Waals surface area contributed by atoms with Crippen molar-refractivity contribution in [2.75, 3.05) is 34.4 Å². The molecule has 224 valence electrons. The molecule has 2 atom stereocenters. The SMILES string of the molecule is COc1cc(C(=O)NC(C(=O)CCCCC(c2ccc(F)cc2)c2ccc(F)cc2)C2CCNC2)cc(OC)c1OC. The van der Waals surface area contributed by atoms with E-state index in [9.17, 15) is 18.4 Å². The second-order valence-electron chi connectivity index (χ2n) is 10.5. The van der Waals surface area contributed by atoms with Gasteiger partial charge in [0.15, 0.2) is 17.3 Å². The summed E-state index contributed by atoms with van der Waals surface area (Å²) in [4.78, 5) is 26.9. The first-order valence-electron chi connectivity index (χ1n) is 14.2. The molecular weight excluding hydrogens is 542 g/mol. The number of benzene rings is 3. The monoisotopic (exact) mass is 580 g/mol. The molecule has 1 fully saturated rings. The Labute approximate surface area is 245 Å². The zero-order valence-electron chi connectivity index (χ0n) is 24.3. The maximum atomic E-state index is 13.6. The van der Waals surface area contributed by atoms with Crippen molar-refractivity contribution in [2.45, 2.75) is 44.1 Å². The molecule has 0 saturated carbocycles. The number of halogens is 2. The van der Waals surface area contributed by atoms with Crippen LogP contribution in [0.2, 0.25) is 0 Å². The number of ether oxygens (including phenoxy) is 3. The van der Waals surface area contributed by atoms with Crippen LogP contribution in [-0.4, -0.2) is 52.2 Å². The number of amides is 1. The van der Waals surface area contributed by atoms with E-state index in [-0.39, 0.29) is 29.3 Å². The van der Waals surface area contributed by atoms with Crippen LogP contribution in [0, 0.1) is 17.6 Å². The molecule has 1 aliphatic heterocycles. The van der Waals surface area contributed by atoms with E-state index in [1.807, 2.05) is 0 Å². The van der Waals surface area contributed by atoms with Gasteiger partial charge >= 0.3 is 0 Å². The van der Waals surface area contributed by atoms with Crippen LogP contribution in [0.4, 0.5) is 8.78 Å². The predicted molar refractivity (Wildman–Crippen MR) is 156 cm³/mol. The van der Waals surface area contributed by atoms with Gasteiger partial charge < -0.3 is 24.8 Å². The number of rotatable bonds is 14. The fourth-order valence-corrected chi connectivity index (χ4v) is 5.58. The third kappa shape index (κ3) is 7.64. The first-order valence-corrected chi connectivity index (χ1v) is 14.2. The highest BCUT2D eigenvalue weighted by atomic mass is 19.1. The summed E-state index contributed by atoms with van der Waals surface area (Å²) in [5, 5.41) is 6.26. The molecule has 0 aromatic heterocycles. The van der Waals surface area contributed by atoms with E-state index < -0.39 is 11.9 Å². The van der Waals surface area contributed by atoms with Gasteiger partial charge in [0.05, 0.1) is 27.4 Å². The largest absolute Gasteiger partial charge is 0.493 e. The first kappa shape index (κ1) is 31.0. The lowest BCUT2D eigenvalue weighted by atomic mass is 9.86. The summed E-state index contributed by atoms with van der Waals surface area (Å²) < 4.78 is 43.3. The molecule has 2 unspecified atom stereocenters. The van der Waals surface area contributed by atoms with Gasteiger partial charge in [-0.15, -0.1) is 0 Å². The Kier molecular flexibility index (Phi) is 10.9. The molecule has 1 saturated heterocycles. The van der Waals surface area contributed by atoms with Crippen molar-refractivity contribution >= 4 is 11.7 Å². The van der Waals surface area contributed by atoms with Crippen molar-refractivity contribution < 1.29 is 32.6 Å². The summed E-state index contributed by atoms with van der Waals surface area (Å²) >= 11 is 0. The predicted octanol–water partition coefficient (Wildman–Crippen LogP) is 5.66. The van der Waals surface area contributed by atoms with E-state index in [0.29, 0.717) is 48.6 Å². The Morgan fingerprint density at radius 3 is 1.93 bits per heavy atom. The maximum Gasteiger partial charge on any atom is 0.252 e. The fraction of sp³-hybridized carbons (Fsp3) is 0.394. The van der Waals surface area contributed by atoms with Gasteiger partial charge in [-0.25, -0.2) is 8.78 Å². The minimum atomic E-state index is -0.642. The zero-order chi connectivity index (χ0) is 30.1. The van der Waals surface area contributed by atoms with Gasteiger partial charge in [-0.1, -0.05) is 30.7 Å². The molecule has 3 aromatic rings. The van der Waals surface area contributed by atoms with Crippen molar-refractivity contribution in [1.29, 1.82) is 0 Å². The van der Waals surface area contributed by atoms with Crippen molar-refractivity contribution in [3.8, 4) is 17.2 Å². The molecule has 4 rings (SSSR count). The molecule has 0 spiro atoms. The molecule has 1 aliphatic rings. The average Bonchev–Trinajstić information content (AvgIpc) is 3.55. The number of Topliss-reactive ketones (excluding diaryl/α,β-unsaturated/α-hetero) is 1. The third-order valence-electron chi connectivity index (χ3n) is 7.84. The third-order valence-corrected chi connectivity index (χ3v) is 7.84. The molecule has 0 bridgehead atoms. The second kappa shape index (κ2) is 14.8. The Hall–Kier alpha value is -3.98. The summed E-state index contributed by atoms with van der Waals surface area (Å²) in [7, 11) is 4.45. The molecule has 0 aliphatic carbocycles. The summed E-state index contributed by atoms with van der Waals surface area (Å²) in [6.45, 7) is 1.43. The van der Waals surface area contributed by atoms with Gasteiger partial charge in [0, 0.05) is 24.4 Å². The van der Waals surface area contributed by atoms with Crippen LogP contribution >= 0.6 is 0 Å². The fourth-order valence-electron chi connectivity index (χ4n) is 5.58. The minimum absolute atomic E-state index is 0.0188. The molecule has 7 nitrogen and oxygen atoms in total. The van der Waals surface area contributed by atoms with Crippen LogP contribution in [0.1, 0.15) is 59.5 Å². The van der Waals surface area contributed by atoms with Crippen LogP contribution in [0.15, 0.2) is 60.7 Å². The molecule has 2 N–H and O–H groups in total. The summed E-state index contributed by atoms with van der Waals surface area (Å²) in [5.41, 5.74) is 2.17. The van der Waals surface area contributed by atoms with E-state index in [4.69, 9.17) is 14.2 Å². The van der Waals surface area contributed by atoms with Crippen LogP contribution in [-0.2, 0) is 4.79 Å². The highest BCUT2D eigenvalue weighted by Crippen LogP contribution is 2.38. The van der Waals surface area contributed by atoms with Crippen LogP contribution in [0.5, 0.6) is 17.2 Å². The lowest BCUT2D eigenvalue weighted by Gasteiger charge is -2.24. The van der Waals surface area contributed by atoms with Crippen molar-refractivity contribution in [3.05, 3.63) is 89.0 Å². The topological polar surface area (TPSA) is 85.9 Å². The van der Waals surface area contributed by atoms with Crippen LogP contribution < -0.4 is 24.8 Å². The molecule has 9 heteroatoms. The minimum Gasteiger partial charge on any atom is -0.493 e. The molecular formula is C33H38F2N2O5. The van der Waals surface area contributed by atoms with Gasteiger partial charge in [0.25, 0.3) is 5.91 Å². The summed E-state index contributed by atoms with van der Waals surface area (Å²) in [5.74, 6) is -0.0499.